The number of methoxy groups -OCH3 is 2. The Bertz CT molecular complexity index is 1250. The molecule has 160 valence electrons. The van der Waals surface area contributed by atoms with Gasteiger partial charge in [-0.1, -0.05) is 0 Å². The monoisotopic (exact) mass is 423 g/mol. The highest BCUT2D eigenvalue weighted by atomic mass is 16.5. The first kappa shape index (κ1) is 19.8. The smallest absolute Gasteiger partial charge is 0.119 e. The SMILES string of the molecule is COc1ccc(Nc2ccc3c(c2)Cc2cc(N)ccc2N3c2ccc(OC)cc2)cc1. The van der Waals surface area contributed by atoms with E-state index >= 15 is 0 Å². The van der Waals surface area contributed by atoms with E-state index < -0.39 is 0 Å². The summed E-state index contributed by atoms with van der Waals surface area (Å²) in [5.41, 5.74) is 14.8. The molecule has 0 radical (unpaired) electrons. The summed E-state index contributed by atoms with van der Waals surface area (Å²) in [4.78, 5) is 2.28. The summed E-state index contributed by atoms with van der Waals surface area (Å²) < 4.78 is 10.6. The second kappa shape index (κ2) is 8.19. The number of rotatable bonds is 5. The average molecular weight is 424 g/mol. The second-order valence-electron chi connectivity index (χ2n) is 7.80. The van der Waals surface area contributed by atoms with Crippen LogP contribution in [0.4, 0.5) is 34.1 Å². The van der Waals surface area contributed by atoms with E-state index in [1.54, 1.807) is 14.2 Å². The Hall–Kier alpha value is -4.12. The largest absolute Gasteiger partial charge is 0.497 e. The zero-order valence-corrected chi connectivity index (χ0v) is 18.1. The lowest BCUT2D eigenvalue weighted by molar-refractivity contribution is 0.415. The Morgan fingerprint density at radius 1 is 0.688 bits per heavy atom. The molecule has 0 aliphatic carbocycles. The molecule has 0 saturated heterocycles. The Morgan fingerprint density at radius 3 is 1.91 bits per heavy atom. The third-order valence-corrected chi connectivity index (χ3v) is 5.76. The molecular formula is C27H25N3O2. The number of nitrogens with two attached hydrogens (primary N) is 1. The topological polar surface area (TPSA) is 59.8 Å². The highest BCUT2D eigenvalue weighted by Crippen LogP contribution is 2.45. The Kier molecular flexibility index (Phi) is 5.07. The van der Waals surface area contributed by atoms with Crippen molar-refractivity contribution in [2.75, 3.05) is 30.2 Å². The van der Waals surface area contributed by atoms with Gasteiger partial charge in [-0.15, -0.1) is 0 Å². The van der Waals surface area contributed by atoms with Crippen molar-refractivity contribution in [1.29, 1.82) is 0 Å². The molecule has 0 saturated carbocycles. The Morgan fingerprint density at radius 2 is 1.25 bits per heavy atom. The molecule has 5 rings (SSSR count). The van der Waals surface area contributed by atoms with Crippen molar-refractivity contribution >= 4 is 34.1 Å². The predicted octanol–water partition coefficient (Wildman–Crippen LogP) is 6.40. The van der Waals surface area contributed by atoms with Gasteiger partial charge >= 0.3 is 0 Å². The van der Waals surface area contributed by atoms with Gasteiger partial charge in [0.15, 0.2) is 0 Å². The van der Waals surface area contributed by atoms with Crippen LogP contribution in [0.25, 0.3) is 0 Å². The van der Waals surface area contributed by atoms with Crippen LogP contribution in [-0.2, 0) is 6.42 Å². The lowest BCUT2D eigenvalue weighted by Crippen LogP contribution is -2.19. The van der Waals surface area contributed by atoms with Gasteiger partial charge in [0.25, 0.3) is 0 Å². The molecule has 32 heavy (non-hydrogen) atoms. The van der Waals surface area contributed by atoms with Crippen LogP contribution < -0.4 is 25.4 Å². The second-order valence-corrected chi connectivity index (χ2v) is 7.80. The fourth-order valence-electron chi connectivity index (χ4n) is 4.17. The maximum Gasteiger partial charge on any atom is 0.119 e. The maximum absolute atomic E-state index is 6.12. The number of anilines is 6. The zero-order valence-electron chi connectivity index (χ0n) is 18.1. The van der Waals surface area contributed by atoms with Crippen LogP contribution in [0.2, 0.25) is 0 Å². The molecule has 3 N–H and O–H groups in total. The number of nitrogens with one attached hydrogen (secondary N) is 1. The van der Waals surface area contributed by atoms with Gasteiger partial charge in [0.2, 0.25) is 0 Å². The van der Waals surface area contributed by atoms with E-state index in [2.05, 4.69) is 52.7 Å². The molecule has 0 unspecified atom stereocenters. The first-order chi connectivity index (χ1) is 15.6. The van der Waals surface area contributed by atoms with Gasteiger partial charge in [-0.05, 0) is 96.1 Å². The van der Waals surface area contributed by atoms with E-state index in [0.717, 1.165) is 52.0 Å². The van der Waals surface area contributed by atoms with Crippen molar-refractivity contribution < 1.29 is 9.47 Å². The number of nitrogens with zero attached hydrogens (tertiary/aromatic N) is 1. The number of nitrogen functional groups attached to an aromatic ring is 1. The summed E-state index contributed by atoms with van der Waals surface area (Å²) in [6, 6.07) is 28.7. The third kappa shape index (κ3) is 3.69. The van der Waals surface area contributed by atoms with E-state index in [4.69, 9.17) is 15.2 Å². The molecule has 0 aromatic heterocycles. The van der Waals surface area contributed by atoms with Crippen molar-refractivity contribution in [2.45, 2.75) is 6.42 Å². The summed E-state index contributed by atoms with van der Waals surface area (Å²) >= 11 is 0. The number of hydrogen-bond donors (Lipinski definition) is 2. The summed E-state index contributed by atoms with van der Waals surface area (Å²) in [6.45, 7) is 0. The van der Waals surface area contributed by atoms with E-state index in [1.807, 2.05) is 42.5 Å². The number of fused-ring (bicyclic) bond motifs is 2. The van der Waals surface area contributed by atoms with E-state index in [-0.39, 0.29) is 0 Å². The minimum atomic E-state index is 0.773. The molecule has 4 aromatic carbocycles. The standard InChI is InChI=1S/C27H25N3O2/c1-31-24-9-4-21(5-10-24)29-22-6-14-27-19(17-22)15-18-16-20(28)3-13-26(18)30(27)23-7-11-25(32-2)12-8-23/h3-14,16-17,29H,15,28H2,1-2H3. The number of hydrogen-bond acceptors (Lipinski definition) is 5. The van der Waals surface area contributed by atoms with Crippen molar-refractivity contribution in [1.82, 2.24) is 0 Å². The first-order valence-corrected chi connectivity index (χ1v) is 10.5. The molecule has 1 aliphatic heterocycles. The summed E-state index contributed by atoms with van der Waals surface area (Å²) in [5.74, 6) is 1.67. The van der Waals surface area contributed by atoms with Crippen LogP contribution in [0, 0.1) is 0 Å². The highest BCUT2D eigenvalue weighted by Gasteiger charge is 2.24. The van der Waals surface area contributed by atoms with Gasteiger partial charge in [-0.25, -0.2) is 0 Å². The summed E-state index contributed by atoms with van der Waals surface area (Å²) in [5, 5.41) is 3.50. The van der Waals surface area contributed by atoms with Crippen LogP contribution in [0.15, 0.2) is 84.9 Å². The maximum atomic E-state index is 6.12. The van der Waals surface area contributed by atoms with Crippen LogP contribution in [0.3, 0.4) is 0 Å². The van der Waals surface area contributed by atoms with Crippen LogP contribution in [0.5, 0.6) is 11.5 Å². The lowest BCUT2D eigenvalue weighted by Gasteiger charge is -2.34. The fraction of sp³-hybridized carbons (Fsp3) is 0.111. The minimum absolute atomic E-state index is 0.773. The molecular weight excluding hydrogens is 398 g/mol. The van der Waals surface area contributed by atoms with Crippen molar-refractivity contribution in [3.8, 4) is 11.5 Å². The van der Waals surface area contributed by atoms with Crippen molar-refractivity contribution in [2.24, 2.45) is 0 Å². The van der Waals surface area contributed by atoms with Gasteiger partial charge in [-0.3, -0.25) is 0 Å². The Labute approximate surface area is 188 Å². The molecule has 5 nitrogen and oxygen atoms in total. The fourth-order valence-corrected chi connectivity index (χ4v) is 4.17. The Balaban J connectivity index is 1.54. The third-order valence-electron chi connectivity index (χ3n) is 5.76. The van der Waals surface area contributed by atoms with Crippen LogP contribution in [0.1, 0.15) is 11.1 Å². The first-order valence-electron chi connectivity index (χ1n) is 10.5. The summed E-state index contributed by atoms with van der Waals surface area (Å²) in [7, 11) is 3.35. The highest BCUT2D eigenvalue weighted by molar-refractivity contribution is 5.85. The molecule has 1 aliphatic rings. The number of ether oxygens (including phenoxy) is 2. The normalized spacial score (nSPS) is 12.0. The van der Waals surface area contributed by atoms with E-state index in [9.17, 15) is 0 Å². The number of benzene rings is 4. The minimum Gasteiger partial charge on any atom is -0.497 e. The van der Waals surface area contributed by atoms with E-state index in [0.29, 0.717) is 0 Å². The molecule has 4 aromatic rings. The van der Waals surface area contributed by atoms with Gasteiger partial charge in [-0.2, -0.15) is 0 Å². The molecule has 0 amide bonds. The predicted molar refractivity (Wildman–Crippen MR) is 131 cm³/mol. The van der Waals surface area contributed by atoms with Gasteiger partial charge in [0.1, 0.15) is 11.5 Å². The quantitative estimate of drug-likeness (QED) is 0.320. The van der Waals surface area contributed by atoms with Crippen LogP contribution >= 0.6 is 0 Å². The lowest BCUT2D eigenvalue weighted by atomic mass is 9.94. The van der Waals surface area contributed by atoms with Crippen molar-refractivity contribution in [3.05, 3.63) is 96.1 Å². The molecule has 0 bridgehead atoms. The van der Waals surface area contributed by atoms with Gasteiger partial charge < -0.3 is 25.4 Å². The van der Waals surface area contributed by atoms with E-state index in [1.165, 1.54) is 11.1 Å². The van der Waals surface area contributed by atoms with Gasteiger partial charge in [0, 0.05) is 40.5 Å². The zero-order chi connectivity index (χ0) is 22.1. The average Bonchev–Trinajstić information content (AvgIpc) is 2.83. The molecule has 0 fully saturated rings. The molecule has 0 atom stereocenters. The summed E-state index contributed by atoms with van der Waals surface area (Å²) in [6.07, 6.45) is 0.820. The van der Waals surface area contributed by atoms with Crippen LogP contribution in [-0.4, -0.2) is 14.2 Å². The molecule has 1 heterocycles. The molecule has 5 heteroatoms. The van der Waals surface area contributed by atoms with Crippen molar-refractivity contribution in [3.63, 3.8) is 0 Å². The molecule has 0 spiro atoms. The van der Waals surface area contributed by atoms with Gasteiger partial charge in [0.05, 0.1) is 14.2 Å².